The monoisotopic (exact) mass is 329 g/mol. The van der Waals surface area contributed by atoms with Crippen molar-refractivity contribution < 1.29 is 19.7 Å². The van der Waals surface area contributed by atoms with Gasteiger partial charge in [0, 0.05) is 6.04 Å². The summed E-state index contributed by atoms with van der Waals surface area (Å²) >= 11 is 0. The summed E-state index contributed by atoms with van der Waals surface area (Å²) in [6.07, 6.45) is -1.62. The molecule has 5 nitrogen and oxygen atoms in total. The van der Waals surface area contributed by atoms with Crippen molar-refractivity contribution in [1.82, 2.24) is 5.32 Å². The summed E-state index contributed by atoms with van der Waals surface area (Å²) in [5.41, 5.74) is 1.64. The minimum Gasteiger partial charge on any atom is -0.478 e. The summed E-state index contributed by atoms with van der Waals surface area (Å²) in [6.45, 7) is 4.26. The zero-order valence-electron chi connectivity index (χ0n) is 13.8. The maximum Gasteiger partial charge on any atom is 0.335 e. The van der Waals surface area contributed by atoms with Gasteiger partial charge in [0.2, 0.25) is 0 Å². The molecule has 2 rings (SSSR count). The van der Waals surface area contributed by atoms with E-state index in [0.29, 0.717) is 12.2 Å². The second-order valence-corrected chi connectivity index (χ2v) is 5.91. The van der Waals surface area contributed by atoms with Gasteiger partial charge in [-0.15, -0.1) is 0 Å². The third kappa shape index (κ3) is 5.16. The molecule has 0 aromatic heterocycles. The molecule has 0 aliphatic rings. The minimum absolute atomic E-state index is 0.100. The Morgan fingerprint density at radius 1 is 1.12 bits per heavy atom. The van der Waals surface area contributed by atoms with Crippen molar-refractivity contribution in [3.8, 4) is 0 Å². The highest BCUT2D eigenvalue weighted by molar-refractivity contribution is 5.87. The van der Waals surface area contributed by atoms with Crippen LogP contribution >= 0.6 is 0 Å². The first-order chi connectivity index (χ1) is 11.5. The van der Waals surface area contributed by atoms with Gasteiger partial charge in [-0.25, -0.2) is 4.79 Å². The Labute approximate surface area is 141 Å². The van der Waals surface area contributed by atoms with E-state index in [2.05, 4.69) is 5.32 Å². The predicted octanol–water partition coefficient (Wildman–Crippen LogP) is 2.96. The van der Waals surface area contributed by atoms with Gasteiger partial charge < -0.3 is 14.9 Å². The van der Waals surface area contributed by atoms with E-state index < -0.39 is 18.3 Å². The zero-order valence-corrected chi connectivity index (χ0v) is 13.8. The number of nitrogens with one attached hydrogen (secondary N) is 1. The first kappa shape index (κ1) is 18.1. The highest BCUT2D eigenvalue weighted by Crippen LogP contribution is 2.20. The van der Waals surface area contributed by atoms with Crippen molar-refractivity contribution in [2.75, 3.05) is 0 Å². The lowest BCUT2D eigenvalue weighted by atomic mass is 10.0. The van der Waals surface area contributed by atoms with Crippen molar-refractivity contribution in [3.63, 3.8) is 0 Å². The quantitative estimate of drug-likeness (QED) is 0.649. The number of ether oxygens (including phenoxy) is 1. The Bertz CT molecular complexity index is 657. The number of carbonyl (C=O) groups is 1. The molecular formula is C19H23NO4. The number of hydrogen-bond acceptors (Lipinski definition) is 4. The van der Waals surface area contributed by atoms with Crippen molar-refractivity contribution in [1.29, 1.82) is 0 Å². The SMILES string of the molecule is CC(C)NC(OCc1ccccc1)C(O)c1cccc(C(=O)O)c1. The second-order valence-electron chi connectivity index (χ2n) is 5.91. The third-order valence-electron chi connectivity index (χ3n) is 3.53. The van der Waals surface area contributed by atoms with Crippen LogP contribution in [-0.4, -0.2) is 28.5 Å². The maximum absolute atomic E-state index is 11.1. The van der Waals surface area contributed by atoms with Crippen LogP contribution in [0.3, 0.4) is 0 Å². The fourth-order valence-electron chi connectivity index (χ4n) is 2.35. The van der Waals surface area contributed by atoms with Gasteiger partial charge in [0.25, 0.3) is 0 Å². The summed E-state index contributed by atoms with van der Waals surface area (Å²) in [5, 5.41) is 22.9. The van der Waals surface area contributed by atoms with Gasteiger partial charge in [-0.2, -0.15) is 0 Å². The molecule has 2 aromatic rings. The van der Waals surface area contributed by atoms with E-state index in [1.54, 1.807) is 12.1 Å². The zero-order chi connectivity index (χ0) is 17.5. The van der Waals surface area contributed by atoms with E-state index in [9.17, 15) is 9.90 Å². The van der Waals surface area contributed by atoms with E-state index >= 15 is 0 Å². The van der Waals surface area contributed by atoms with Gasteiger partial charge in [-0.05, 0) is 37.1 Å². The van der Waals surface area contributed by atoms with Crippen LogP contribution in [0.15, 0.2) is 54.6 Å². The van der Waals surface area contributed by atoms with Gasteiger partial charge in [-0.3, -0.25) is 5.32 Å². The third-order valence-corrected chi connectivity index (χ3v) is 3.53. The number of benzene rings is 2. The summed E-state index contributed by atoms with van der Waals surface area (Å²) in [4.78, 5) is 11.1. The van der Waals surface area contributed by atoms with Gasteiger partial charge in [0.05, 0.1) is 12.2 Å². The smallest absolute Gasteiger partial charge is 0.335 e. The Morgan fingerprint density at radius 3 is 2.46 bits per heavy atom. The molecule has 0 amide bonds. The van der Waals surface area contributed by atoms with Crippen LogP contribution in [0.25, 0.3) is 0 Å². The fraction of sp³-hybridized carbons (Fsp3) is 0.316. The Balaban J connectivity index is 2.13. The number of carboxylic acids is 1. The van der Waals surface area contributed by atoms with E-state index in [1.165, 1.54) is 12.1 Å². The Hall–Kier alpha value is -2.21. The molecule has 0 saturated carbocycles. The van der Waals surface area contributed by atoms with Crippen LogP contribution in [0, 0.1) is 0 Å². The summed E-state index contributed by atoms with van der Waals surface area (Å²) in [7, 11) is 0. The molecule has 0 aliphatic heterocycles. The van der Waals surface area contributed by atoms with Gasteiger partial charge in [-0.1, -0.05) is 42.5 Å². The summed E-state index contributed by atoms with van der Waals surface area (Å²) in [6, 6.07) is 16.1. The molecule has 128 valence electrons. The highest BCUT2D eigenvalue weighted by Gasteiger charge is 2.23. The number of hydrogen-bond donors (Lipinski definition) is 3. The maximum atomic E-state index is 11.1. The first-order valence-electron chi connectivity index (χ1n) is 7.90. The fourth-order valence-corrected chi connectivity index (χ4v) is 2.35. The normalized spacial score (nSPS) is 13.7. The number of carboxylic acid groups (broad SMARTS) is 1. The van der Waals surface area contributed by atoms with Crippen LogP contribution in [0.2, 0.25) is 0 Å². The van der Waals surface area contributed by atoms with E-state index in [1.807, 2.05) is 44.2 Å². The van der Waals surface area contributed by atoms with Crippen LogP contribution in [-0.2, 0) is 11.3 Å². The molecule has 0 fully saturated rings. The second kappa shape index (κ2) is 8.59. The summed E-state index contributed by atoms with van der Waals surface area (Å²) < 4.78 is 5.85. The predicted molar refractivity (Wildman–Crippen MR) is 91.7 cm³/mol. The van der Waals surface area contributed by atoms with Gasteiger partial charge in [0.15, 0.2) is 0 Å². The lowest BCUT2D eigenvalue weighted by Crippen LogP contribution is -2.41. The Kier molecular flexibility index (Phi) is 6.49. The topological polar surface area (TPSA) is 78.8 Å². The standard InChI is InChI=1S/C19H23NO4/c1-13(2)20-18(24-12-14-7-4-3-5-8-14)17(21)15-9-6-10-16(11-15)19(22)23/h3-11,13,17-18,20-21H,12H2,1-2H3,(H,22,23). The van der Waals surface area contributed by atoms with Crippen molar-refractivity contribution in [2.45, 2.75) is 38.8 Å². The number of rotatable bonds is 8. The van der Waals surface area contributed by atoms with Crippen molar-refractivity contribution >= 4 is 5.97 Å². The number of aromatic carboxylic acids is 1. The van der Waals surface area contributed by atoms with Crippen LogP contribution in [0.1, 0.15) is 41.4 Å². The van der Waals surface area contributed by atoms with Crippen LogP contribution < -0.4 is 5.32 Å². The molecule has 0 spiro atoms. The Morgan fingerprint density at radius 2 is 1.83 bits per heavy atom. The molecular weight excluding hydrogens is 306 g/mol. The molecule has 24 heavy (non-hydrogen) atoms. The van der Waals surface area contributed by atoms with Crippen LogP contribution in [0.5, 0.6) is 0 Å². The minimum atomic E-state index is -1.03. The average molecular weight is 329 g/mol. The molecule has 0 heterocycles. The van der Waals surface area contributed by atoms with E-state index in [0.717, 1.165) is 5.56 Å². The van der Waals surface area contributed by atoms with Crippen molar-refractivity contribution in [3.05, 3.63) is 71.3 Å². The largest absolute Gasteiger partial charge is 0.478 e. The first-order valence-corrected chi connectivity index (χ1v) is 7.90. The highest BCUT2D eigenvalue weighted by atomic mass is 16.5. The summed E-state index contributed by atoms with van der Waals surface area (Å²) in [5.74, 6) is -1.03. The molecule has 0 aliphatic carbocycles. The molecule has 0 saturated heterocycles. The van der Waals surface area contributed by atoms with E-state index in [-0.39, 0.29) is 11.6 Å². The van der Waals surface area contributed by atoms with Crippen LogP contribution in [0.4, 0.5) is 0 Å². The molecule has 5 heteroatoms. The van der Waals surface area contributed by atoms with Gasteiger partial charge >= 0.3 is 5.97 Å². The van der Waals surface area contributed by atoms with Gasteiger partial charge in [0.1, 0.15) is 12.3 Å². The number of aliphatic hydroxyl groups is 1. The average Bonchev–Trinajstić information content (AvgIpc) is 2.58. The molecule has 0 radical (unpaired) electrons. The number of aliphatic hydroxyl groups excluding tert-OH is 1. The molecule has 3 N–H and O–H groups in total. The lowest BCUT2D eigenvalue weighted by Gasteiger charge is -2.27. The molecule has 0 bridgehead atoms. The molecule has 2 atom stereocenters. The van der Waals surface area contributed by atoms with E-state index in [4.69, 9.17) is 9.84 Å². The lowest BCUT2D eigenvalue weighted by molar-refractivity contribution is -0.0697. The van der Waals surface area contributed by atoms with Crippen molar-refractivity contribution in [2.24, 2.45) is 0 Å². The molecule has 2 unspecified atom stereocenters. The molecule has 2 aromatic carbocycles.